The monoisotopic (exact) mass is 264 g/mol. The third-order valence-electron chi connectivity index (χ3n) is 3.84. The Kier molecular flexibility index (Phi) is 5.05. The van der Waals surface area contributed by atoms with Crippen molar-refractivity contribution in [1.29, 1.82) is 0 Å². The first-order chi connectivity index (χ1) is 9.22. The lowest BCUT2D eigenvalue weighted by Crippen LogP contribution is -2.37. The van der Waals surface area contributed by atoms with Gasteiger partial charge in [0.25, 0.3) is 0 Å². The smallest absolute Gasteiger partial charge is 0.123 e. The first kappa shape index (κ1) is 14.2. The van der Waals surface area contributed by atoms with Gasteiger partial charge in [-0.1, -0.05) is 0 Å². The minimum absolute atomic E-state index is 0.393. The maximum atomic E-state index is 5.92. The van der Waals surface area contributed by atoms with Crippen molar-refractivity contribution in [3.05, 3.63) is 23.8 Å². The van der Waals surface area contributed by atoms with Crippen LogP contribution >= 0.6 is 0 Å². The normalized spacial score (nSPS) is 23.1. The molecule has 1 aromatic carbocycles. The van der Waals surface area contributed by atoms with Crippen molar-refractivity contribution in [2.45, 2.75) is 44.3 Å². The molecule has 0 radical (unpaired) electrons. The Morgan fingerprint density at radius 3 is 2.53 bits per heavy atom. The Morgan fingerprint density at radius 1 is 1.16 bits per heavy atom. The molecule has 0 heterocycles. The highest BCUT2D eigenvalue weighted by Crippen LogP contribution is 2.24. The lowest BCUT2D eigenvalue weighted by Gasteiger charge is -2.27. The van der Waals surface area contributed by atoms with Crippen molar-refractivity contribution in [3.8, 4) is 11.5 Å². The number of benzene rings is 1. The topological polar surface area (TPSA) is 56.5 Å². The molecule has 0 aromatic heterocycles. The van der Waals surface area contributed by atoms with Crippen LogP contribution in [0.15, 0.2) is 18.2 Å². The van der Waals surface area contributed by atoms with Crippen LogP contribution in [0.25, 0.3) is 0 Å². The minimum Gasteiger partial charge on any atom is -0.497 e. The fourth-order valence-electron chi connectivity index (χ4n) is 2.60. The van der Waals surface area contributed by atoms with E-state index in [4.69, 9.17) is 15.2 Å². The van der Waals surface area contributed by atoms with Crippen molar-refractivity contribution in [1.82, 2.24) is 5.32 Å². The van der Waals surface area contributed by atoms with Gasteiger partial charge in [-0.2, -0.15) is 0 Å². The van der Waals surface area contributed by atoms with Crippen molar-refractivity contribution >= 4 is 0 Å². The van der Waals surface area contributed by atoms with Gasteiger partial charge >= 0.3 is 0 Å². The first-order valence-corrected chi connectivity index (χ1v) is 6.92. The Morgan fingerprint density at radius 2 is 1.89 bits per heavy atom. The first-order valence-electron chi connectivity index (χ1n) is 6.92. The molecule has 3 N–H and O–H groups in total. The molecule has 0 amide bonds. The molecular formula is C15H24N2O2. The summed E-state index contributed by atoms with van der Waals surface area (Å²) in [5, 5.41) is 3.59. The van der Waals surface area contributed by atoms with E-state index >= 15 is 0 Å². The molecule has 1 aromatic rings. The molecule has 4 nitrogen and oxygen atoms in total. The van der Waals surface area contributed by atoms with Gasteiger partial charge in [0.05, 0.1) is 14.2 Å². The van der Waals surface area contributed by atoms with Crippen LogP contribution in [-0.4, -0.2) is 26.3 Å². The molecule has 1 fully saturated rings. The number of nitrogens with two attached hydrogens (primary N) is 1. The Bertz CT molecular complexity index is 401. The summed E-state index contributed by atoms with van der Waals surface area (Å²) >= 11 is 0. The van der Waals surface area contributed by atoms with Crippen LogP contribution in [0.4, 0.5) is 0 Å². The van der Waals surface area contributed by atoms with E-state index in [1.165, 1.54) is 0 Å². The summed E-state index contributed by atoms with van der Waals surface area (Å²) in [7, 11) is 3.38. The van der Waals surface area contributed by atoms with Gasteiger partial charge in [0.15, 0.2) is 0 Å². The quantitative estimate of drug-likeness (QED) is 0.854. The van der Waals surface area contributed by atoms with E-state index in [0.29, 0.717) is 12.1 Å². The van der Waals surface area contributed by atoms with Crippen molar-refractivity contribution in [2.24, 2.45) is 5.73 Å². The fraction of sp³-hybridized carbons (Fsp3) is 0.600. The predicted octanol–water partition coefficient (Wildman–Crippen LogP) is 2.06. The molecule has 19 heavy (non-hydrogen) atoms. The van der Waals surface area contributed by atoms with E-state index in [1.54, 1.807) is 14.2 Å². The number of rotatable bonds is 5. The fourth-order valence-corrected chi connectivity index (χ4v) is 2.60. The van der Waals surface area contributed by atoms with E-state index in [-0.39, 0.29) is 0 Å². The molecule has 106 valence electrons. The molecule has 1 aliphatic rings. The van der Waals surface area contributed by atoms with Gasteiger partial charge < -0.3 is 20.5 Å². The molecule has 0 saturated heterocycles. The summed E-state index contributed by atoms with van der Waals surface area (Å²) in [6, 6.07) is 6.86. The van der Waals surface area contributed by atoms with Crippen LogP contribution in [0.1, 0.15) is 31.2 Å². The van der Waals surface area contributed by atoms with Crippen LogP contribution in [0.2, 0.25) is 0 Å². The van der Waals surface area contributed by atoms with E-state index in [9.17, 15) is 0 Å². The van der Waals surface area contributed by atoms with Gasteiger partial charge in [-0.15, -0.1) is 0 Å². The molecular weight excluding hydrogens is 240 g/mol. The highest BCUT2D eigenvalue weighted by Gasteiger charge is 2.18. The van der Waals surface area contributed by atoms with Gasteiger partial charge in [-0.3, -0.25) is 0 Å². The van der Waals surface area contributed by atoms with Gasteiger partial charge in [0.1, 0.15) is 11.5 Å². The number of nitrogens with one attached hydrogen (secondary N) is 1. The highest BCUT2D eigenvalue weighted by atomic mass is 16.5. The standard InChI is InChI=1S/C15H24N2O2/c1-18-14-7-8-15(19-2)11(9-14)10-17-13-5-3-12(16)4-6-13/h7-9,12-13,17H,3-6,10,16H2,1-2H3. The zero-order valence-corrected chi connectivity index (χ0v) is 11.8. The Hall–Kier alpha value is -1.26. The zero-order valence-electron chi connectivity index (χ0n) is 11.8. The van der Waals surface area contributed by atoms with E-state index < -0.39 is 0 Å². The average molecular weight is 264 g/mol. The molecule has 1 aliphatic carbocycles. The Labute approximate surface area is 115 Å². The molecule has 1 saturated carbocycles. The minimum atomic E-state index is 0.393. The van der Waals surface area contributed by atoms with E-state index in [0.717, 1.165) is 49.3 Å². The molecule has 0 atom stereocenters. The second-order valence-electron chi connectivity index (χ2n) is 5.17. The van der Waals surface area contributed by atoms with Crippen LogP contribution in [0.3, 0.4) is 0 Å². The summed E-state index contributed by atoms with van der Waals surface area (Å²) in [4.78, 5) is 0. The largest absolute Gasteiger partial charge is 0.497 e. The maximum Gasteiger partial charge on any atom is 0.123 e. The summed E-state index contributed by atoms with van der Waals surface area (Å²) in [6.07, 6.45) is 4.56. The predicted molar refractivity (Wildman–Crippen MR) is 76.6 cm³/mol. The SMILES string of the molecule is COc1ccc(OC)c(CNC2CCC(N)CC2)c1. The third kappa shape index (κ3) is 3.85. The van der Waals surface area contributed by atoms with Gasteiger partial charge in [-0.25, -0.2) is 0 Å². The maximum absolute atomic E-state index is 5.92. The zero-order chi connectivity index (χ0) is 13.7. The lowest BCUT2D eigenvalue weighted by atomic mass is 9.92. The molecule has 2 rings (SSSR count). The lowest BCUT2D eigenvalue weighted by molar-refractivity contribution is 0.338. The third-order valence-corrected chi connectivity index (χ3v) is 3.84. The average Bonchev–Trinajstić information content (AvgIpc) is 2.46. The van der Waals surface area contributed by atoms with Crippen LogP contribution in [0.5, 0.6) is 11.5 Å². The number of methoxy groups -OCH3 is 2. The Balaban J connectivity index is 1.94. The highest BCUT2D eigenvalue weighted by molar-refractivity contribution is 5.40. The molecule has 0 spiro atoms. The number of hydrogen-bond acceptors (Lipinski definition) is 4. The summed E-state index contributed by atoms with van der Waals surface area (Å²) in [6.45, 7) is 0.806. The number of hydrogen-bond donors (Lipinski definition) is 2. The van der Waals surface area contributed by atoms with Gasteiger partial charge in [0.2, 0.25) is 0 Å². The van der Waals surface area contributed by atoms with Gasteiger partial charge in [-0.05, 0) is 43.9 Å². The number of ether oxygens (including phenoxy) is 2. The van der Waals surface area contributed by atoms with Crippen molar-refractivity contribution in [2.75, 3.05) is 14.2 Å². The molecule has 4 heteroatoms. The summed E-state index contributed by atoms with van der Waals surface area (Å²) in [5.74, 6) is 1.77. The molecule has 0 bridgehead atoms. The van der Waals surface area contributed by atoms with Gasteiger partial charge in [0, 0.05) is 24.2 Å². The second kappa shape index (κ2) is 6.78. The van der Waals surface area contributed by atoms with Crippen molar-refractivity contribution in [3.63, 3.8) is 0 Å². The molecule has 0 aliphatic heterocycles. The van der Waals surface area contributed by atoms with E-state index in [2.05, 4.69) is 5.32 Å². The van der Waals surface area contributed by atoms with Crippen LogP contribution in [0, 0.1) is 0 Å². The van der Waals surface area contributed by atoms with Crippen molar-refractivity contribution < 1.29 is 9.47 Å². The van der Waals surface area contributed by atoms with Crippen LogP contribution in [-0.2, 0) is 6.54 Å². The van der Waals surface area contributed by atoms with E-state index in [1.807, 2.05) is 18.2 Å². The summed E-state index contributed by atoms with van der Waals surface area (Å²) in [5.41, 5.74) is 7.06. The summed E-state index contributed by atoms with van der Waals surface area (Å²) < 4.78 is 10.6. The second-order valence-corrected chi connectivity index (χ2v) is 5.17. The molecule has 0 unspecified atom stereocenters. The van der Waals surface area contributed by atoms with Crippen LogP contribution < -0.4 is 20.5 Å².